The Labute approximate surface area is 139 Å². The fraction of sp³-hybridized carbons (Fsp3) is 0.632. The largest absolute Gasteiger partial charge is 0.465 e. The van der Waals surface area contributed by atoms with Crippen LogP contribution in [0.1, 0.15) is 44.7 Å². The van der Waals surface area contributed by atoms with E-state index in [2.05, 4.69) is 36.1 Å². The quantitative estimate of drug-likeness (QED) is 0.781. The Balaban J connectivity index is 1.91. The van der Waals surface area contributed by atoms with Crippen molar-refractivity contribution < 1.29 is 14.3 Å². The zero-order chi connectivity index (χ0) is 16.9. The summed E-state index contributed by atoms with van der Waals surface area (Å²) in [5.41, 5.74) is 2.08. The maximum absolute atomic E-state index is 11.9. The number of benzene rings is 1. The first-order chi connectivity index (χ1) is 10.9. The van der Waals surface area contributed by atoms with Gasteiger partial charge in [0, 0.05) is 25.6 Å². The minimum absolute atomic E-state index is 0.145. The third-order valence-corrected chi connectivity index (χ3v) is 4.11. The lowest BCUT2D eigenvalue weighted by Gasteiger charge is -2.27. The van der Waals surface area contributed by atoms with Crippen molar-refractivity contribution in [1.82, 2.24) is 4.90 Å². The Morgan fingerprint density at radius 2 is 2.00 bits per heavy atom. The molecule has 2 rings (SSSR count). The highest BCUT2D eigenvalue weighted by Gasteiger charge is 2.23. The zero-order valence-corrected chi connectivity index (χ0v) is 14.8. The van der Waals surface area contributed by atoms with E-state index in [1.807, 2.05) is 20.8 Å². The number of ether oxygens (including phenoxy) is 2. The van der Waals surface area contributed by atoms with E-state index in [0.29, 0.717) is 6.61 Å². The second-order valence-electron chi connectivity index (χ2n) is 7.38. The summed E-state index contributed by atoms with van der Waals surface area (Å²) in [4.78, 5) is 14.3. The Morgan fingerprint density at radius 1 is 1.30 bits per heavy atom. The number of carbonyl (C=O) groups is 1. The molecule has 0 bridgehead atoms. The predicted molar refractivity (Wildman–Crippen MR) is 91.4 cm³/mol. The molecule has 1 aliphatic rings. The van der Waals surface area contributed by atoms with Crippen LogP contribution in [0.2, 0.25) is 0 Å². The van der Waals surface area contributed by atoms with Crippen LogP contribution in [-0.4, -0.2) is 43.8 Å². The molecule has 4 heteroatoms. The summed E-state index contributed by atoms with van der Waals surface area (Å²) < 4.78 is 10.8. The lowest BCUT2D eigenvalue weighted by molar-refractivity contribution is -0.153. The van der Waals surface area contributed by atoms with Gasteiger partial charge < -0.3 is 9.47 Å². The molecule has 0 aliphatic carbocycles. The first kappa shape index (κ1) is 18.0. The van der Waals surface area contributed by atoms with Gasteiger partial charge in [-0.25, -0.2) is 0 Å². The van der Waals surface area contributed by atoms with Crippen molar-refractivity contribution in [3.8, 4) is 0 Å². The number of esters is 1. The molecule has 0 radical (unpaired) electrons. The van der Waals surface area contributed by atoms with Gasteiger partial charge in [-0.3, -0.25) is 9.69 Å². The molecule has 1 aromatic rings. The van der Waals surface area contributed by atoms with Crippen molar-refractivity contribution in [3.05, 3.63) is 35.4 Å². The van der Waals surface area contributed by atoms with Gasteiger partial charge in [-0.1, -0.05) is 31.2 Å². The van der Waals surface area contributed by atoms with Gasteiger partial charge in [0.25, 0.3) is 0 Å². The lowest BCUT2D eigenvalue weighted by atomic mass is 9.97. The summed E-state index contributed by atoms with van der Waals surface area (Å²) >= 11 is 0. The Bertz CT molecular complexity index is 516. The third kappa shape index (κ3) is 5.63. The fourth-order valence-corrected chi connectivity index (χ4v) is 2.53. The molecule has 1 fully saturated rings. The number of hydrogen-bond donors (Lipinski definition) is 0. The summed E-state index contributed by atoms with van der Waals surface area (Å²) in [6, 6.07) is 8.59. The molecule has 1 unspecified atom stereocenters. The molecule has 1 saturated heterocycles. The maximum Gasteiger partial charge on any atom is 0.311 e. The molecule has 128 valence electrons. The SMILES string of the molecule is CC(COC(=O)C(C)(C)C)c1cccc(CN2CCOCC2)c1. The van der Waals surface area contributed by atoms with Crippen molar-refractivity contribution in [2.75, 3.05) is 32.9 Å². The van der Waals surface area contributed by atoms with Crippen LogP contribution < -0.4 is 0 Å². The Hall–Kier alpha value is -1.39. The van der Waals surface area contributed by atoms with E-state index in [4.69, 9.17) is 9.47 Å². The summed E-state index contributed by atoms with van der Waals surface area (Å²) in [5.74, 6) is 0.0553. The molecule has 0 aromatic heterocycles. The summed E-state index contributed by atoms with van der Waals surface area (Å²) in [7, 11) is 0. The highest BCUT2D eigenvalue weighted by atomic mass is 16.5. The molecule has 0 amide bonds. The number of morpholine rings is 1. The van der Waals surface area contributed by atoms with Gasteiger partial charge in [0.1, 0.15) is 0 Å². The van der Waals surface area contributed by atoms with Crippen molar-refractivity contribution in [1.29, 1.82) is 0 Å². The van der Waals surface area contributed by atoms with Gasteiger partial charge in [0.15, 0.2) is 0 Å². The van der Waals surface area contributed by atoms with Crippen molar-refractivity contribution >= 4 is 5.97 Å². The van der Waals surface area contributed by atoms with Gasteiger partial charge in [0.05, 0.1) is 25.2 Å². The zero-order valence-electron chi connectivity index (χ0n) is 14.8. The summed E-state index contributed by atoms with van der Waals surface area (Å²) in [6.45, 7) is 12.7. The fourth-order valence-electron chi connectivity index (χ4n) is 2.53. The van der Waals surface area contributed by atoms with Crippen LogP contribution in [0.3, 0.4) is 0 Å². The lowest BCUT2D eigenvalue weighted by Crippen LogP contribution is -2.35. The van der Waals surface area contributed by atoms with Crippen LogP contribution in [0.5, 0.6) is 0 Å². The molecular weight excluding hydrogens is 290 g/mol. The van der Waals surface area contributed by atoms with E-state index in [9.17, 15) is 4.79 Å². The molecule has 0 saturated carbocycles. The highest BCUT2D eigenvalue weighted by molar-refractivity contribution is 5.75. The minimum Gasteiger partial charge on any atom is -0.465 e. The smallest absolute Gasteiger partial charge is 0.311 e. The minimum atomic E-state index is -0.447. The van der Waals surface area contributed by atoms with Crippen molar-refractivity contribution in [3.63, 3.8) is 0 Å². The standard InChI is InChI=1S/C19H29NO3/c1-15(14-23-18(21)19(2,3)4)17-7-5-6-16(12-17)13-20-8-10-22-11-9-20/h5-7,12,15H,8-11,13-14H2,1-4H3. The van der Waals surface area contributed by atoms with E-state index >= 15 is 0 Å². The van der Waals surface area contributed by atoms with Gasteiger partial charge in [-0.05, 0) is 31.9 Å². The molecule has 0 N–H and O–H groups in total. The van der Waals surface area contributed by atoms with Crippen LogP contribution in [0.4, 0.5) is 0 Å². The molecule has 1 aliphatic heterocycles. The second kappa shape index (κ2) is 7.93. The predicted octanol–water partition coefficient (Wildman–Crippen LogP) is 3.21. The normalized spacial score (nSPS) is 17.7. The molecule has 4 nitrogen and oxygen atoms in total. The van der Waals surface area contributed by atoms with Crippen LogP contribution in [0.15, 0.2) is 24.3 Å². The van der Waals surface area contributed by atoms with E-state index in [1.54, 1.807) is 0 Å². The summed E-state index contributed by atoms with van der Waals surface area (Å²) in [5, 5.41) is 0. The first-order valence-electron chi connectivity index (χ1n) is 8.42. The molecule has 0 spiro atoms. The number of nitrogens with zero attached hydrogens (tertiary/aromatic N) is 1. The van der Waals surface area contributed by atoms with Crippen LogP contribution in [0, 0.1) is 5.41 Å². The van der Waals surface area contributed by atoms with Gasteiger partial charge >= 0.3 is 5.97 Å². The molecule has 23 heavy (non-hydrogen) atoms. The second-order valence-corrected chi connectivity index (χ2v) is 7.38. The maximum atomic E-state index is 11.9. The first-order valence-corrected chi connectivity index (χ1v) is 8.42. The van der Waals surface area contributed by atoms with E-state index in [-0.39, 0.29) is 11.9 Å². The van der Waals surface area contributed by atoms with Crippen LogP contribution >= 0.6 is 0 Å². The van der Waals surface area contributed by atoms with Gasteiger partial charge in [-0.2, -0.15) is 0 Å². The molecule has 1 aromatic carbocycles. The van der Waals surface area contributed by atoms with Gasteiger partial charge in [-0.15, -0.1) is 0 Å². The molecular formula is C19H29NO3. The monoisotopic (exact) mass is 319 g/mol. The van der Waals surface area contributed by atoms with Gasteiger partial charge in [0.2, 0.25) is 0 Å². The van der Waals surface area contributed by atoms with E-state index in [0.717, 1.165) is 32.8 Å². The topological polar surface area (TPSA) is 38.8 Å². The Kier molecular flexibility index (Phi) is 6.19. The van der Waals surface area contributed by atoms with Crippen LogP contribution in [-0.2, 0) is 20.8 Å². The average Bonchev–Trinajstić information content (AvgIpc) is 2.52. The highest BCUT2D eigenvalue weighted by Crippen LogP contribution is 2.21. The molecule has 1 heterocycles. The van der Waals surface area contributed by atoms with E-state index in [1.165, 1.54) is 11.1 Å². The van der Waals surface area contributed by atoms with Crippen LogP contribution in [0.25, 0.3) is 0 Å². The number of carbonyl (C=O) groups excluding carboxylic acids is 1. The summed E-state index contributed by atoms with van der Waals surface area (Å²) in [6.07, 6.45) is 0. The van der Waals surface area contributed by atoms with E-state index < -0.39 is 5.41 Å². The number of rotatable bonds is 5. The number of hydrogen-bond acceptors (Lipinski definition) is 4. The van der Waals surface area contributed by atoms with Crippen molar-refractivity contribution in [2.45, 2.75) is 40.2 Å². The van der Waals surface area contributed by atoms with Crippen molar-refractivity contribution in [2.24, 2.45) is 5.41 Å². The Morgan fingerprint density at radius 3 is 2.65 bits per heavy atom. The average molecular weight is 319 g/mol. The molecule has 1 atom stereocenters. The third-order valence-electron chi connectivity index (χ3n) is 4.11.